The van der Waals surface area contributed by atoms with E-state index in [0.717, 1.165) is 0 Å². The van der Waals surface area contributed by atoms with E-state index in [1.807, 2.05) is 0 Å². The second-order valence-electron chi connectivity index (χ2n) is 4.46. The van der Waals surface area contributed by atoms with Gasteiger partial charge in [-0.05, 0) is 17.7 Å². The molecule has 0 spiro atoms. The van der Waals surface area contributed by atoms with Crippen molar-refractivity contribution in [2.45, 2.75) is 20.0 Å². The van der Waals surface area contributed by atoms with Gasteiger partial charge in [-0.2, -0.15) is 0 Å². The molecule has 0 aliphatic rings. The molecule has 0 fully saturated rings. The van der Waals surface area contributed by atoms with Crippen LogP contribution in [0.15, 0.2) is 24.3 Å². The number of hydrogen-bond acceptors (Lipinski definition) is 4. The summed E-state index contributed by atoms with van der Waals surface area (Å²) >= 11 is 0. The highest BCUT2D eigenvalue weighted by atomic mass is 16.5. The molecule has 17 heavy (non-hydrogen) atoms. The highest BCUT2D eigenvalue weighted by molar-refractivity contribution is 5.89. The van der Waals surface area contributed by atoms with Crippen molar-refractivity contribution in [2.24, 2.45) is 5.41 Å². The van der Waals surface area contributed by atoms with Crippen LogP contribution in [0.5, 0.6) is 0 Å². The topological polar surface area (TPSA) is 63.6 Å². The first-order valence-corrected chi connectivity index (χ1v) is 5.25. The summed E-state index contributed by atoms with van der Waals surface area (Å²) in [5, 5.41) is 9.99. The molecule has 92 valence electrons. The zero-order valence-corrected chi connectivity index (χ0v) is 10.1. The van der Waals surface area contributed by atoms with Gasteiger partial charge in [-0.25, -0.2) is 4.79 Å². The molecule has 0 radical (unpaired) electrons. The molecular weight excluding hydrogens is 220 g/mol. The van der Waals surface area contributed by atoms with Gasteiger partial charge in [-0.15, -0.1) is 0 Å². The minimum Gasteiger partial charge on any atom is -0.465 e. The van der Waals surface area contributed by atoms with Gasteiger partial charge >= 0.3 is 5.97 Å². The Kier molecular flexibility index (Phi) is 4.02. The van der Waals surface area contributed by atoms with Crippen LogP contribution < -0.4 is 0 Å². The largest absolute Gasteiger partial charge is 0.465 e. The molecule has 1 N–H and O–H groups in total. The number of ether oxygens (including phenoxy) is 1. The molecule has 0 saturated carbocycles. The highest BCUT2D eigenvalue weighted by Crippen LogP contribution is 2.31. The minimum absolute atomic E-state index is 0.410. The molecule has 4 nitrogen and oxygen atoms in total. The van der Waals surface area contributed by atoms with Crippen molar-refractivity contribution in [1.29, 1.82) is 0 Å². The smallest absolute Gasteiger partial charge is 0.337 e. The van der Waals surface area contributed by atoms with Crippen LogP contribution in [0.1, 0.15) is 35.9 Å². The summed E-state index contributed by atoms with van der Waals surface area (Å²) in [5.41, 5.74) is 0.148. The highest BCUT2D eigenvalue weighted by Gasteiger charge is 2.28. The quantitative estimate of drug-likeness (QED) is 0.638. The third-order valence-electron chi connectivity index (χ3n) is 2.66. The molecule has 4 heteroatoms. The van der Waals surface area contributed by atoms with Gasteiger partial charge in [0.05, 0.1) is 24.2 Å². The standard InChI is InChI=1S/C13H16O4/c1-13(2,8-14)11(15)9-4-6-10(7-5-9)12(16)17-3/h4-8,11,15H,1-3H3/t11-/m0/s1. The summed E-state index contributed by atoms with van der Waals surface area (Å²) in [4.78, 5) is 22.0. The van der Waals surface area contributed by atoms with Crippen molar-refractivity contribution in [3.05, 3.63) is 35.4 Å². The molecule has 0 unspecified atom stereocenters. The van der Waals surface area contributed by atoms with Crippen molar-refractivity contribution < 1.29 is 19.4 Å². The van der Waals surface area contributed by atoms with Gasteiger partial charge in [0.25, 0.3) is 0 Å². The van der Waals surface area contributed by atoms with Crippen molar-refractivity contribution >= 4 is 12.3 Å². The third-order valence-corrected chi connectivity index (χ3v) is 2.66. The molecule has 0 aromatic heterocycles. The Morgan fingerprint density at radius 2 is 1.88 bits per heavy atom. The Balaban J connectivity index is 2.95. The number of aldehydes is 1. The van der Waals surface area contributed by atoms with E-state index < -0.39 is 17.5 Å². The van der Waals surface area contributed by atoms with Crippen LogP contribution in [-0.2, 0) is 9.53 Å². The second kappa shape index (κ2) is 5.10. The van der Waals surface area contributed by atoms with Gasteiger partial charge in [0.2, 0.25) is 0 Å². The average molecular weight is 236 g/mol. The predicted molar refractivity (Wildman–Crippen MR) is 62.6 cm³/mol. The van der Waals surface area contributed by atoms with Gasteiger partial charge < -0.3 is 14.6 Å². The maximum absolute atomic E-state index is 11.2. The number of aliphatic hydroxyl groups is 1. The third kappa shape index (κ3) is 2.91. The number of carbonyl (C=O) groups excluding carboxylic acids is 2. The molecule has 0 heterocycles. The summed E-state index contributed by atoms with van der Waals surface area (Å²) in [6, 6.07) is 6.35. The van der Waals surface area contributed by atoms with Crippen LogP contribution in [0, 0.1) is 5.41 Å². The molecule has 1 aromatic rings. The van der Waals surface area contributed by atoms with E-state index in [1.165, 1.54) is 7.11 Å². The number of esters is 1. The van der Waals surface area contributed by atoms with E-state index >= 15 is 0 Å². The lowest BCUT2D eigenvalue weighted by Gasteiger charge is -2.24. The summed E-state index contributed by atoms with van der Waals surface area (Å²) in [6.07, 6.45) is -0.182. The predicted octanol–water partition coefficient (Wildman–Crippen LogP) is 1.73. The molecule has 1 atom stereocenters. The van der Waals surface area contributed by atoms with Gasteiger partial charge in [-0.3, -0.25) is 0 Å². The lowest BCUT2D eigenvalue weighted by molar-refractivity contribution is -0.120. The summed E-state index contributed by atoms with van der Waals surface area (Å²) < 4.78 is 4.57. The monoisotopic (exact) mass is 236 g/mol. The maximum atomic E-state index is 11.2. The van der Waals surface area contributed by atoms with E-state index in [2.05, 4.69) is 4.74 Å². The Morgan fingerprint density at radius 3 is 2.29 bits per heavy atom. The fourth-order valence-electron chi connectivity index (χ4n) is 1.41. The van der Waals surface area contributed by atoms with Crippen LogP contribution in [0.3, 0.4) is 0 Å². The zero-order chi connectivity index (χ0) is 13.1. The fraction of sp³-hybridized carbons (Fsp3) is 0.385. The average Bonchev–Trinajstić information content (AvgIpc) is 2.37. The van der Waals surface area contributed by atoms with Crippen molar-refractivity contribution in [1.82, 2.24) is 0 Å². The van der Waals surface area contributed by atoms with E-state index in [4.69, 9.17) is 0 Å². The van der Waals surface area contributed by atoms with Gasteiger partial charge in [-0.1, -0.05) is 26.0 Å². The Morgan fingerprint density at radius 1 is 1.35 bits per heavy atom. The number of carbonyl (C=O) groups is 2. The molecule has 0 saturated heterocycles. The lowest BCUT2D eigenvalue weighted by atomic mass is 9.84. The number of hydrogen-bond donors (Lipinski definition) is 1. The fourth-order valence-corrected chi connectivity index (χ4v) is 1.41. The van der Waals surface area contributed by atoms with Gasteiger partial charge in [0.1, 0.15) is 6.29 Å². The number of rotatable bonds is 4. The Hall–Kier alpha value is -1.68. The summed E-state index contributed by atoms with van der Waals surface area (Å²) in [7, 11) is 1.31. The van der Waals surface area contributed by atoms with Crippen LogP contribution in [-0.4, -0.2) is 24.5 Å². The molecular formula is C13H16O4. The number of aliphatic hydroxyl groups excluding tert-OH is 1. The molecule has 0 bridgehead atoms. The van der Waals surface area contributed by atoms with Crippen LogP contribution in [0.2, 0.25) is 0 Å². The van der Waals surface area contributed by atoms with Crippen LogP contribution in [0.25, 0.3) is 0 Å². The van der Waals surface area contributed by atoms with Crippen LogP contribution >= 0.6 is 0 Å². The lowest BCUT2D eigenvalue weighted by Crippen LogP contribution is -2.23. The van der Waals surface area contributed by atoms with Gasteiger partial charge in [0.15, 0.2) is 0 Å². The summed E-state index contributed by atoms with van der Waals surface area (Å²) in [6.45, 7) is 3.30. The van der Waals surface area contributed by atoms with E-state index in [9.17, 15) is 14.7 Å². The van der Waals surface area contributed by atoms with Crippen LogP contribution in [0.4, 0.5) is 0 Å². The van der Waals surface area contributed by atoms with Crippen molar-refractivity contribution in [3.8, 4) is 0 Å². The second-order valence-corrected chi connectivity index (χ2v) is 4.46. The first-order valence-electron chi connectivity index (χ1n) is 5.25. The van der Waals surface area contributed by atoms with E-state index in [-0.39, 0.29) is 0 Å². The molecule has 1 rings (SSSR count). The maximum Gasteiger partial charge on any atom is 0.337 e. The minimum atomic E-state index is -0.897. The Bertz CT molecular complexity index is 406. The molecule has 1 aromatic carbocycles. The summed E-state index contributed by atoms with van der Waals surface area (Å²) in [5.74, 6) is -0.430. The normalized spacial score (nSPS) is 12.9. The number of benzene rings is 1. The molecule has 0 amide bonds. The zero-order valence-electron chi connectivity index (χ0n) is 10.1. The van der Waals surface area contributed by atoms with Crippen molar-refractivity contribution in [3.63, 3.8) is 0 Å². The van der Waals surface area contributed by atoms with Gasteiger partial charge in [0, 0.05) is 0 Å². The number of methoxy groups -OCH3 is 1. The van der Waals surface area contributed by atoms with E-state index in [0.29, 0.717) is 17.4 Å². The first-order chi connectivity index (χ1) is 7.92. The van der Waals surface area contributed by atoms with Crippen molar-refractivity contribution in [2.75, 3.05) is 7.11 Å². The van der Waals surface area contributed by atoms with E-state index in [1.54, 1.807) is 38.1 Å². The first kappa shape index (κ1) is 13.4. The molecule has 0 aliphatic carbocycles. The molecule has 0 aliphatic heterocycles. The SMILES string of the molecule is COC(=O)c1ccc([C@H](O)C(C)(C)C=O)cc1. The Labute approximate surface area is 100 Å².